The molecule has 1 saturated carbocycles. The van der Waals surface area contributed by atoms with Crippen molar-refractivity contribution in [3.8, 4) is 0 Å². The van der Waals surface area contributed by atoms with Crippen LogP contribution in [0.2, 0.25) is 0 Å². The number of fused-ring (bicyclic) bond motifs is 1. The van der Waals surface area contributed by atoms with Gasteiger partial charge in [0.25, 0.3) is 0 Å². The Hall–Kier alpha value is -1.95. The van der Waals surface area contributed by atoms with E-state index in [1.807, 2.05) is 33.8 Å². The molecule has 0 N–H and O–H groups in total. The van der Waals surface area contributed by atoms with Crippen molar-refractivity contribution < 1.29 is 28.6 Å². The molecule has 2 rings (SSSR count). The molecule has 0 unspecified atom stereocenters. The molecule has 0 bridgehead atoms. The Morgan fingerprint density at radius 2 is 1.81 bits per heavy atom. The normalized spacial score (nSPS) is 27.2. The zero-order valence-electron chi connectivity index (χ0n) is 20.5. The van der Waals surface area contributed by atoms with E-state index in [-0.39, 0.29) is 47.9 Å². The molecule has 6 nitrogen and oxygen atoms in total. The van der Waals surface area contributed by atoms with E-state index in [9.17, 15) is 14.4 Å². The standard InChI is InChI=1S/C26H40O6/c1-17(2)13-14-26(4,5)24(28)12-11-20-21-15-19(9-7-8-10-25(29)30-6)32-23(21)16-22(20)31-18(3)27/h11-13,19-23H,7-10,14-16H2,1-6H3/b12-11+/t19-,20-,21-,22-,23+/m1/s1. The number of hydrogen-bond acceptors (Lipinski definition) is 6. The molecule has 2 fully saturated rings. The summed E-state index contributed by atoms with van der Waals surface area (Å²) in [7, 11) is 1.41. The summed E-state index contributed by atoms with van der Waals surface area (Å²) in [6, 6.07) is 0. The smallest absolute Gasteiger partial charge is 0.305 e. The molecule has 180 valence electrons. The van der Waals surface area contributed by atoms with Gasteiger partial charge in [-0.2, -0.15) is 0 Å². The van der Waals surface area contributed by atoms with Crippen molar-refractivity contribution in [2.75, 3.05) is 7.11 Å². The van der Waals surface area contributed by atoms with Crippen LogP contribution in [-0.4, -0.2) is 43.1 Å². The number of allylic oxidation sites excluding steroid dienone is 3. The SMILES string of the molecule is COC(=O)CCCC[C@@H]1C[C@@H]2[C@@H](/C=C/C(=O)C(C)(C)CC=C(C)C)[C@H](OC(C)=O)C[C@@H]2O1. The van der Waals surface area contributed by atoms with E-state index in [0.717, 1.165) is 25.7 Å². The highest BCUT2D eigenvalue weighted by Crippen LogP contribution is 2.46. The lowest BCUT2D eigenvalue weighted by Crippen LogP contribution is -2.26. The summed E-state index contributed by atoms with van der Waals surface area (Å²) in [5, 5.41) is 0. The van der Waals surface area contributed by atoms with Crippen LogP contribution in [0.5, 0.6) is 0 Å². The average Bonchev–Trinajstić information content (AvgIpc) is 3.24. The number of carbonyl (C=O) groups excluding carboxylic acids is 3. The first-order valence-electron chi connectivity index (χ1n) is 11.8. The van der Waals surface area contributed by atoms with Gasteiger partial charge in [0, 0.05) is 31.1 Å². The van der Waals surface area contributed by atoms with Gasteiger partial charge in [-0.25, -0.2) is 0 Å². The zero-order valence-corrected chi connectivity index (χ0v) is 20.5. The highest BCUT2D eigenvalue weighted by molar-refractivity contribution is 5.94. The average molecular weight is 449 g/mol. The maximum Gasteiger partial charge on any atom is 0.305 e. The molecule has 1 aliphatic heterocycles. The van der Waals surface area contributed by atoms with Crippen molar-refractivity contribution >= 4 is 17.7 Å². The van der Waals surface area contributed by atoms with Gasteiger partial charge in [-0.3, -0.25) is 14.4 Å². The number of rotatable bonds is 11. The molecule has 1 aliphatic carbocycles. The first-order valence-corrected chi connectivity index (χ1v) is 11.8. The molecule has 0 radical (unpaired) electrons. The third-order valence-electron chi connectivity index (χ3n) is 6.63. The van der Waals surface area contributed by atoms with Gasteiger partial charge in [-0.15, -0.1) is 0 Å². The largest absolute Gasteiger partial charge is 0.469 e. The Kier molecular flexibility index (Phi) is 9.68. The van der Waals surface area contributed by atoms with E-state index in [4.69, 9.17) is 9.47 Å². The Bertz CT molecular complexity index is 731. The summed E-state index contributed by atoms with van der Waals surface area (Å²) in [5.41, 5.74) is 0.723. The van der Waals surface area contributed by atoms with Gasteiger partial charge in [0.15, 0.2) is 5.78 Å². The van der Waals surface area contributed by atoms with Gasteiger partial charge in [-0.05, 0) is 51.5 Å². The lowest BCUT2D eigenvalue weighted by atomic mass is 9.82. The van der Waals surface area contributed by atoms with E-state index < -0.39 is 5.41 Å². The maximum absolute atomic E-state index is 12.9. The highest BCUT2D eigenvalue weighted by atomic mass is 16.6. The molecule has 0 spiro atoms. The summed E-state index contributed by atoms with van der Waals surface area (Å²) in [5.74, 6) is -0.191. The van der Waals surface area contributed by atoms with E-state index in [1.165, 1.54) is 19.6 Å². The van der Waals surface area contributed by atoms with E-state index in [0.29, 0.717) is 19.3 Å². The van der Waals surface area contributed by atoms with Gasteiger partial charge >= 0.3 is 11.9 Å². The van der Waals surface area contributed by atoms with Crippen LogP contribution in [0.4, 0.5) is 0 Å². The number of unbranched alkanes of at least 4 members (excludes halogenated alkanes) is 1. The molecule has 6 heteroatoms. The topological polar surface area (TPSA) is 78.9 Å². The number of ether oxygens (including phenoxy) is 3. The minimum atomic E-state index is -0.475. The third kappa shape index (κ3) is 7.58. The van der Waals surface area contributed by atoms with Crippen molar-refractivity contribution in [3.05, 3.63) is 23.8 Å². The predicted octanol–water partition coefficient (Wildman–Crippen LogP) is 4.95. The second-order valence-electron chi connectivity index (χ2n) is 10.1. The molecule has 1 saturated heterocycles. The second-order valence-corrected chi connectivity index (χ2v) is 10.1. The van der Waals surface area contributed by atoms with Gasteiger partial charge < -0.3 is 14.2 Å². The first kappa shape index (κ1) is 26.3. The van der Waals surface area contributed by atoms with E-state index >= 15 is 0 Å². The van der Waals surface area contributed by atoms with Crippen molar-refractivity contribution in [2.24, 2.45) is 17.3 Å². The number of carbonyl (C=O) groups is 3. The number of ketones is 1. The third-order valence-corrected chi connectivity index (χ3v) is 6.63. The zero-order chi connectivity index (χ0) is 23.9. The van der Waals surface area contributed by atoms with Crippen LogP contribution in [0.25, 0.3) is 0 Å². The molecule has 0 aromatic rings. The van der Waals surface area contributed by atoms with Crippen LogP contribution in [0.1, 0.15) is 79.6 Å². The van der Waals surface area contributed by atoms with Crippen LogP contribution in [0.3, 0.4) is 0 Å². The van der Waals surface area contributed by atoms with Crippen LogP contribution in [0, 0.1) is 17.3 Å². The summed E-state index contributed by atoms with van der Waals surface area (Å²) in [6.45, 7) is 9.41. The Morgan fingerprint density at radius 1 is 1.09 bits per heavy atom. The van der Waals surface area contributed by atoms with Gasteiger partial charge in [0.05, 0.1) is 19.3 Å². The molecular weight excluding hydrogens is 408 g/mol. The van der Waals surface area contributed by atoms with E-state index in [1.54, 1.807) is 6.08 Å². The highest BCUT2D eigenvalue weighted by Gasteiger charge is 2.49. The minimum Gasteiger partial charge on any atom is -0.469 e. The lowest BCUT2D eigenvalue weighted by molar-refractivity contribution is -0.148. The number of hydrogen-bond donors (Lipinski definition) is 0. The van der Waals surface area contributed by atoms with Crippen LogP contribution < -0.4 is 0 Å². The van der Waals surface area contributed by atoms with Crippen LogP contribution in [-0.2, 0) is 28.6 Å². The van der Waals surface area contributed by atoms with E-state index in [2.05, 4.69) is 10.8 Å². The number of esters is 2. The quantitative estimate of drug-likeness (QED) is 0.193. The fraction of sp³-hybridized carbons (Fsp3) is 0.731. The maximum atomic E-state index is 12.9. The van der Waals surface area contributed by atoms with Crippen molar-refractivity contribution in [1.29, 1.82) is 0 Å². The lowest BCUT2D eigenvalue weighted by Gasteiger charge is -2.23. The predicted molar refractivity (Wildman–Crippen MR) is 123 cm³/mol. The number of methoxy groups -OCH3 is 1. The van der Waals surface area contributed by atoms with Crippen LogP contribution >= 0.6 is 0 Å². The summed E-state index contributed by atoms with van der Waals surface area (Å²) in [6.07, 6.45) is 10.9. The summed E-state index contributed by atoms with van der Waals surface area (Å²) < 4.78 is 16.5. The fourth-order valence-electron chi connectivity index (χ4n) is 4.68. The van der Waals surface area contributed by atoms with Crippen LogP contribution in [0.15, 0.2) is 23.8 Å². The Morgan fingerprint density at radius 3 is 2.44 bits per heavy atom. The molecule has 0 amide bonds. The summed E-state index contributed by atoms with van der Waals surface area (Å²) >= 11 is 0. The van der Waals surface area contributed by atoms with Crippen molar-refractivity contribution in [1.82, 2.24) is 0 Å². The van der Waals surface area contributed by atoms with Crippen molar-refractivity contribution in [2.45, 2.75) is 97.9 Å². The van der Waals surface area contributed by atoms with Crippen molar-refractivity contribution in [3.63, 3.8) is 0 Å². The molecule has 0 aromatic heterocycles. The fourth-order valence-corrected chi connectivity index (χ4v) is 4.68. The second kappa shape index (κ2) is 11.8. The molecule has 5 atom stereocenters. The monoisotopic (exact) mass is 448 g/mol. The molecule has 0 aromatic carbocycles. The molecule has 2 aliphatic rings. The summed E-state index contributed by atoms with van der Waals surface area (Å²) in [4.78, 5) is 35.8. The molecule has 32 heavy (non-hydrogen) atoms. The minimum absolute atomic E-state index is 0.0211. The molecular formula is C26H40O6. The Balaban J connectivity index is 2.00. The van der Waals surface area contributed by atoms with Gasteiger partial charge in [0.2, 0.25) is 0 Å². The Labute approximate surface area is 192 Å². The first-order chi connectivity index (χ1) is 15.0. The van der Waals surface area contributed by atoms with Gasteiger partial charge in [0.1, 0.15) is 6.10 Å². The van der Waals surface area contributed by atoms with Gasteiger partial charge in [-0.1, -0.05) is 38.0 Å². The molecule has 1 heterocycles.